The number of hydrogen-bond acceptors (Lipinski definition) is 3. The van der Waals surface area contributed by atoms with Crippen LogP contribution in [0.3, 0.4) is 0 Å². The summed E-state index contributed by atoms with van der Waals surface area (Å²) in [4.78, 5) is 13.6. The van der Waals surface area contributed by atoms with Crippen LogP contribution in [0.25, 0.3) is 0 Å². The second-order valence-corrected chi connectivity index (χ2v) is 5.56. The molecular weight excluding hydrogens is 238 g/mol. The second kappa shape index (κ2) is 5.61. The summed E-state index contributed by atoms with van der Waals surface area (Å²) in [5.74, 6) is -0.228. The van der Waals surface area contributed by atoms with Crippen molar-refractivity contribution in [1.29, 1.82) is 0 Å². The van der Waals surface area contributed by atoms with Gasteiger partial charge in [-0.3, -0.25) is 4.79 Å². The van der Waals surface area contributed by atoms with E-state index in [1.807, 2.05) is 6.92 Å². The molecule has 0 saturated carbocycles. The van der Waals surface area contributed by atoms with Gasteiger partial charge < -0.3 is 16.4 Å². The highest BCUT2D eigenvalue weighted by Gasteiger charge is 2.28. The first kappa shape index (κ1) is 13.9. The van der Waals surface area contributed by atoms with Crippen molar-refractivity contribution < 1.29 is 4.79 Å². The van der Waals surface area contributed by atoms with E-state index in [0.717, 1.165) is 24.1 Å². The van der Waals surface area contributed by atoms with Crippen LogP contribution in [0.2, 0.25) is 0 Å². The Bertz CT molecular complexity index is 441. The summed E-state index contributed by atoms with van der Waals surface area (Å²) in [6.45, 7) is 4.88. The Kier molecular flexibility index (Phi) is 4.10. The Morgan fingerprint density at radius 2 is 1.95 bits per heavy atom. The van der Waals surface area contributed by atoms with Crippen molar-refractivity contribution in [1.82, 2.24) is 0 Å². The Hall–Kier alpha value is -1.55. The Labute approximate surface area is 114 Å². The van der Waals surface area contributed by atoms with Crippen LogP contribution in [-0.4, -0.2) is 18.5 Å². The van der Waals surface area contributed by atoms with Crippen LogP contribution in [0.1, 0.15) is 38.3 Å². The normalized spacial score (nSPS) is 25.1. The van der Waals surface area contributed by atoms with Crippen LogP contribution in [-0.2, 0) is 4.79 Å². The fraction of sp³-hybridized carbons (Fsp3) is 0.533. The fourth-order valence-corrected chi connectivity index (χ4v) is 2.67. The summed E-state index contributed by atoms with van der Waals surface area (Å²) in [6, 6.07) is 8.76. The highest BCUT2D eigenvalue weighted by Crippen LogP contribution is 2.28. The van der Waals surface area contributed by atoms with Gasteiger partial charge in [-0.1, -0.05) is 12.1 Å². The number of benzene rings is 1. The van der Waals surface area contributed by atoms with Gasteiger partial charge in [-0.15, -0.1) is 0 Å². The van der Waals surface area contributed by atoms with Crippen LogP contribution in [0, 0.1) is 5.92 Å². The van der Waals surface area contributed by atoms with E-state index in [9.17, 15) is 4.79 Å². The Balaban J connectivity index is 2.16. The Morgan fingerprint density at radius 3 is 2.47 bits per heavy atom. The third-order valence-electron chi connectivity index (χ3n) is 4.03. The first-order valence-electron chi connectivity index (χ1n) is 6.90. The molecule has 1 aromatic rings. The molecular formula is C15H23N3O. The zero-order chi connectivity index (χ0) is 14.0. The quantitative estimate of drug-likeness (QED) is 0.871. The van der Waals surface area contributed by atoms with Crippen molar-refractivity contribution in [2.45, 2.75) is 38.8 Å². The average molecular weight is 261 g/mol. The first-order valence-corrected chi connectivity index (χ1v) is 6.90. The molecule has 2 rings (SSSR count). The summed E-state index contributed by atoms with van der Waals surface area (Å²) < 4.78 is 0. The van der Waals surface area contributed by atoms with E-state index >= 15 is 0 Å². The van der Waals surface area contributed by atoms with Gasteiger partial charge in [0.2, 0.25) is 5.91 Å². The maximum absolute atomic E-state index is 11.4. The molecule has 0 radical (unpaired) electrons. The molecule has 4 heteroatoms. The molecule has 4 nitrogen and oxygen atoms in total. The number of amides is 1. The summed E-state index contributed by atoms with van der Waals surface area (Å²) in [6.07, 6.45) is 1.90. The highest BCUT2D eigenvalue weighted by atomic mass is 16.1. The average Bonchev–Trinajstić information content (AvgIpc) is 2.39. The molecule has 0 spiro atoms. The molecule has 19 heavy (non-hydrogen) atoms. The van der Waals surface area contributed by atoms with Crippen LogP contribution < -0.4 is 16.4 Å². The lowest BCUT2D eigenvalue weighted by molar-refractivity contribution is -0.122. The number of anilines is 1. The van der Waals surface area contributed by atoms with E-state index < -0.39 is 0 Å². The van der Waals surface area contributed by atoms with Crippen molar-refractivity contribution in [2.75, 3.05) is 11.4 Å². The lowest BCUT2D eigenvalue weighted by Gasteiger charge is -2.38. The molecule has 0 aliphatic carbocycles. The predicted molar refractivity (Wildman–Crippen MR) is 77.8 cm³/mol. The third kappa shape index (κ3) is 3.07. The van der Waals surface area contributed by atoms with Crippen molar-refractivity contribution in [2.24, 2.45) is 17.4 Å². The van der Waals surface area contributed by atoms with Crippen LogP contribution >= 0.6 is 0 Å². The first-order chi connectivity index (χ1) is 8.99. The van der Waals surface area contributed by atoms with E-state index in [1.54, 1.807) is 0 Å². The van der Waals surface area contributed by atoms with Gasteiger partial charge in [-0.05, 0) is 44.4 Å². The van der Waals surface area contributed by atoms with E-state index in [-0.39, 0.29) is 17.9 Å². The number of rotatable bonds is 3. The van der Waals surface area contributed by atoms with E-state index in [4.69, 9.17) is 11.5 Å². The van der Waals surface area contributed by atoms with E-state index in [0.29, 0.717) is 12.6 Å². The molecule has 0 aromatic heterocycles. The lowest BCUT2D eigenvalue weighted by atomic mass is 9.92. The minimum absolute atomic E-state index is 0.0377. The van der Waals surface area contributed by atoms with Gasteiger partial charge in [0.05, 0.1) is 5.92 Å². The standard InChI is InChI=1S/C15H23N3O/c1-10-3-4-13(15(17)19)9-18(10)14-7-5-12(6-8-14)11(2)16/h5-8,10-11,13H,3-4,9,16H2,1-2H3,(H2,17,19)/t10?,11-,13?/m1/s1. The fourth-order valence-electron chi connectivity index (χ4n) is 2.67. The predicted octanol–water partition coefficient (Wildman–Crippen LogP) is 1.80. The molecule has 0 bridgehead atoms. The third-order valence-corrected chi connectivity index (χ3v) is 4.03. The minimum Gasteiger partial charge on any atom is -0.369 e. The summed E-state index contributed by atoms with van der Waals surface area (Å²) in [5, 5.41) is 0. The topological polar surface area (TPSA) is 72.4 Å². The molecule has 1 aliphatic heterocycles. The van der Waals surface area contributed by atoms with Gasteiger partial charge in [0.1, 0.15) is 0 Å². The van der Waals surface area contributed by atoms with E-state index in [2.05, 4.69) is 36.1 Å². The smallest absolute Gasteiger partial charge is 0.222 e. The number of carbonyl (C=O) groups excluding carboxylic acids is 1. The van der Waals surface area contributed by atoms with Gasteiger partial charge in [-0.2, -0.15) is 0 Å². The highest BCUT2D eigenvalue weighted by molar-refractivity contribution is 5.77. The van der Waals surface area contributed by atoms with Gasteiger partial charge >= 0.3 is 0 Å². The SMILES string of the molecule is CC1CCC(C(N)=O)CN1c1ccc([C@@H](C)N)cc1. The number of carbonyl (C=O) groups is 1. The summed E-state index contributed by atoms with van der Waals surface area (Å²) in [7, 11) is 0. The molecule has 4 N–H and O–H groups in total. The molecule has 104 valence electrons. The molecule has 1 heterocycles. The van der Waals surface area contributed by atoms with Gasteiger partial charge in [0.25, 0.3) is 0 Å². The van der Waals surface area contributed by atoms with E-state index in [1.165, 1.54) is 0 Å². The van der Waals surface area contributed by atoms with Gasteiger partial charge in [-0.25, -0.2) is 0 Å². The molecule has 3 atom stereocenters. The molecule has 1 aromatic carbocycles. The summed E-state index contributed by atoms with van der Waals surface area (Å²) in [5.41, 5.74) is 13.6. The maximum atomic E-state index is 11.4. The van der Waals surface area contributed by atoms with Crippen molar-refractivity contribution >= 4 is 11.6 Å². The molecule has 1 fully saturated rings. The van der Waals surface area contributed by atoms with Crippen molar-refractivity contribution in [3.05, 3.63) is 29.8 Å². The van der Waals surface area contributed by atoms with Crippen molar-refractivity contribution in [3.8, 4) is 0 Å². The Morgan fingerprint density at radius 1 is 1.32 bits per heavy atom. The number of piperidine rings is 1. The molecule has 1 saturated heterocycles. The van der Waals surface area contributed by atoms with Gasteiger partial charge in [0, 0.05) is 24.3 Å². The van der Waals surface area contributed by atoms with Crippen molar-refractivity contribution in [3.63, 3.8) is 0 Å². The van der Waals surface area contributed by atoms with Gasteiger partial charge in [0.15, 0.2) is 0 Å². The molecule has 1 aliphatic rings. The second-order valence-electron chi connectivity index (χ2n) is 5.56. The monoisotopic (exact) mass is 261 g/mol. The summed E-state index contributed by atoms with van der Waals surface area (Å²) >= 11 is 0. The molecule has 2 unspecified atom stereocenters. The number of primary amides is 1. The number of nitrogens with zero attached hydrogens (tertiary/aromatic N) is 1. The minimum atomic E-state index is -0.191. The zero-order valence-corrected chi connectivity index (χ0v) is 11.7. The number of hydrogen-bond donors (Lipinski definition) is 2. The molecule has 1 amide bonds. The van der Waals surface area contributed by atoms with Crippen LogP contribution in [0.4, 0.5) is 5.69 Å². The largest absolute Gasteiger partial charge is 0.369 e. The lowest BCUT2D eigenvalue weighted by Crippen LogP contribution is -2.45. The maximum Gasteiger partial charge on any atom is 0.222 e. The van der Waals surface area contributed by atoms with Crippen LogP contribution in [0.15, 0.2) is 24.3 Å². The van der Waals surface area contributed by atoms with Crippen LogP contribution in [0.5, 0.6) is 0 Å². The zero-order valence-electron chi connectivity index (χ0n) is 11.7. The number of nitrogens with two attached hydrogens (primary N) is 2.